The molecule has 22 heavy (non-hydrogen) atoms. The molecule has 0 bridgehead atoms. The number of nitrogens with one attached hydrogen (secondary N) is 1. The smallest absolute Gasteiger partial charge is 0.234 e. The Morgan fingerprint density at radius 1 is 1.32 bits per heavy atom. The summed E-state index contributed by atoms with van der Waals surface area (Å²) in [5.74, 6) is 0.677. The molecule has 0 aliphatic carbocycles. The van der Waals surface area contributed by atoms with Crippen LogP contribution in [0.4, 0.5) is 10.1 Å². The fraction of sp³-hybridized carbons (Fsp3) is 0.500. The molecule has 1 unspecified atom stereocenters. The van der Waals surface area contributed by atoms with Crippen molar-refractivity contribution in [3.63, 3.8) is 0 Å². The normalized spacial score (nSPS) is 18.1. The number of anilines is 1. The monoisotopic (exact) mass is 324 g/mol. The molecule has 1 aliphatic rings. The summed E-state index contributed by atoms with van der Waals surface area (Å²) in [6.07, 6.45) is 2.24. The minimum absolute atomic E-state index is 0.103. The van der Waals surface area contributed by atoms with Gasteiger partial charge in [0.15, 0.2) is 0 Å². The highest BCUT2D eigenvalue weighted by molar-refractivity contribution is 8.00. The van der Waals surface area contributed by atoms with Gasteiger partial charge in [0.2, 0.25) is 11.8 Å². The number of hydrogen-bond donors (Lipinski definition) is 1. The lowest BCUT2D eigenvalue weighted by Crippen LogP contribution is -2.40. The van der Waals surface area contributed by atoms with Crippen LogP contribution in [0.15, 0.2) is 24.3 Å². The highest BCUT2D eigenvalue weighted by atomic mass is 32.2. The first kappa shape index (κ1) is 16.8. The molecule has 1 atom stereocenters. The number of carbonyl (C=O) groups is 2. The Balaban J connectivity index is 1.68. The molecule has 1 saturated heterocycles. The van der Waals surface area contributed by atoms with Gasteiger partial charge in [-0.2, -0.15) is 0 Å². The third-order valence-electron chi connectivity index (χ3n) is 3.60. The van der Waals surface area contributed by atoms with E-state index in [-0.39, 0.29) is 23.4 Å². The maximum atomic E-state index is 12.8. The molecule has 4 nitrogen and oxygen atoms in total. The van der Waals surface area contributed by atoms with Crippen molar-refractivity contribution in [2.24, 2.45) is 5.92 Å². The van der Waals surface area contributed by atoms with Crippen LogP contribution in [0.3, 0.4) is 0 Å². The van der Waals surface area contributed by atoms with Crippen molar-refractivity contribution in [2.45, 2.75) is 19.8 Å². The van der Waals surface area contributed by atoms with Crippen LogP contribution in [0.2, 0.25) is 0 Å². The van der Waals surface area contributed by atoms with E-state index in [1.807, 2.05) is 4.90 Å². The Hall–Kier alpha value is -1.56. The van der Waals surface area contributed by atoms with Crippen LogP contribution in [0.1, 0.15) is 19.8 Å². The lowest BCUT2D eigenvalue weighted by atomic mass is 10.0. The highest BCUT2D eigenvalue weighted by Crippen LogP contribution is 2.17. The summed E-state index contributed by atoms with van der Waals surface area (Å²) in [5, 5.41) is 2.68. The van der Waals surface area contributed by atoms with Crippen molar-refractivity contribution in [1.82, 2.24) is 4.90 Å². The van der Waals surface area contributed by atoms with Crippen molar-refractivity contribution in [2.75, 3.05) is 29.9 Å². The van der Waals surface area contributed by atoms with Crippen LogP contribution in [-0.2, 0) is 9.59 Å². The largest absolute Gasteiger partial charge is 0.342 e. The summed E-state index contributed by atoms with van der Waals surface area (Å²) in [6.45, 7) is 3.80. The fourth-order valence-electron chi connectivity index (χ4n) is 2.47. The van der Waals surface area contributed by atoms with Gasteiger partial charge in [-0.3, -0.25) is 9.59 Å². The number of piperidine rings is 1. The Kier molecular flexibility index (Phi) is 6.24. The highest BCUT2D eigenvalue weighted by Gasteiger charge is 2.20. The molecule has 1 aromatic rings. The second-order valence-electron chi connectivity index (χ2n) is 5.64. The molecular formula is C16H21FN2O2S. The zero-order valence-electron chi connectivity index (χ0n) is 12.7. The minimum Gasteiger partial charge on any atom is -0.342 e. The van der Waals surface area contributed by atoms with E-state index in [4.69, 9.17) is 0 Å². The second kappa shape index (κ2) is 8.17. The van der Waals surface area contributed by atoms with Crippen molar-refractivity contribution in [3.8, 4) is 0 Å². The summed E-state index contributed by atoms with van der Waals surface area (Å²) >= 11 is 1.31. The number of nitrogens with zero attached hydrogens (tertiary/aromatic N) is 1. The quantitative estimate of drug-likeness (QED) is 0.906. The number of carbonyl (C=O) groups excluding carboxylic acids is 2. The molecule has 1 heterocycles. The minimum atomic E-state index is -0.339. The maximum absolute atomic E-state index is 12.8. The van der Waals surface area contributed by atoms with Gasteiger partial charge >= 0.3 is 0 Å². The van der Waals surface area contributed by atoms with Crippen molar-refractivity contribution < 1.29 is 14.0 Å². The number of amides is 2. The molecule has 0 saturated carbocycles. The Morgan fingerprint density at radius 3 is 2.73 bits per heavy atom. The molecule has 120 valence electrons. The number of benzene rings is 1. The standard InChI is InChI=1S/C16H21FN2O2S/c1-12-3-2-8-19(9-12)16(21)11-22-10-15(20)18-14-6-4-13(17)5-7-14/h4-7,12H,2-3,8-11H2,1H3,(H,18,20). The van der Waals surface area contributed by atoms with Gasteiger partial charge in [0.25, 0.3) is 0 Å². The van der Waals surface area contributed by atoms with Gasteiger partial charge in [0, 0.05) is 18.8 Å². The van der Waals surface area contributed by atoms with E-state index < -0.39 is 0 Å². The molecule has 1 aliphatic heterocycles. The average molecular weight is 324 g/mol. The zero-order valence-corrected chi connectivity index (χ0v) is 13.5. The Bertz CT molecular complexity index is 521. The molecule has 1 aromatic carbocycles. The van der Waals surface area contributed by atoms with Crippen molar-refractivity contribution >= 4 is 29.3 Å². The van der Waals surface area contributed by atoms with Crippen LogP contribution in [0.25, 0.3) is 0 Å². The van der Waals surface area contributed by atoms with Gasteiger partial charge in [-0.1, -0.05) is 6.92 Å². The lowest BCUT2D eigenvalue weighted by Gasteiger charge is -2.30. The van der Waals surface area contributed by atoms with E-state index in [0.717, 1.165) is 19.5 Å². The van der Waals surface area contributed by atoms with Crippen LogP contribution < -0.4 is 5.32 Å². The molecule has 6 heteroatoms. The van der Waals surface area contributed by atoms with E-state index >= 15 is 0 Å². The third-order valence-corrected chi connectivity index (χ3v) is 4.51. The summed E-state index contributed by atoms with van der Waals surface area (Å²) in [5.41, 5.74) is 0.559. The van der Waals surface area contributed by atoms with E-state index in [1.54, 1.807) is 0 Å². The molecule has 0 spiro atoms. The summed E-state index contributed by atoms with van der Waals surface area (Å²) in [7, 11) is 0. The van der Waals surface area contributed by atoms with Gasteiger partial charge in [0.1, 0.15) is 5.82 Å². The van der Waals surface area contributed by atoms with Gasteiger partial charge in [-0.25, -0.2) is 4.39 Å². The molecule has 0 aromatic heterocycles. The van der Waals surface area contributed by atoms with E-state index in [1.165, 1.54) is 42.4 Å². The average Bonchev–Trinajstić information content (AvgIpc) is 2.49. The van der Waals surface area contributed by atoms with E-state index in [2.05, 4.69) is 12.2 Å². The van der Waals surface area contributed by atoms with Gasteiger partial charge in [-0.05, 0) is 43.0 Å². The first-order valence-electron chi connectivity index (χ1n) is 7.45. The number of rotatable bonds is 5. The molecular weight excluding hydrogens is 303 g/mol. The van der Waals surface area contributed by atoms with Crippen molar-refractivity contribution in [1.29, 1.82) is 0 Å². The predicted molar refractivity (Wildman–Crippen MR) is 87.3 cm³/mol. The summed E-state index contributed by atoms with van der Waals surface area (Å²) in [4.78, 5) is 25.7. The van der Waals surface area contributed by atoms with E-state index in [9.17, 15) is 14.0 Å². The zero-order chi connectivity index (χ0) is 15.9. The number of thioether (sulfide) groups is 1. The predicted octanol–water partition coefficient (Wildman–Crippen LogP) is 2.76. The topological polar surface area (TPSA) is 49.4 Å². The first-order valence-corrected chi connectivity index (χ1v) is 8.61. The van der Waals surface area contributed by atoms with Crippen molar-refractivity contribution in [3.05, 3.63) is 30.1 Å². The molecule has 2 amide bonds. The lowest BCUT2D eigenvalue weighted by molar-refractivity contribution is -0.130. The molecule has 2 rings (SSSR count). The van der Waals surface area contributed by atoms with Gasteiger partial charge in [0.05, 0.1) is 11.5 Å². The van der Waals surface area contributed by atoms with Gasteiger partial charge in [-0.15, -0.1) is 11.8 Å². The number of halogens is 1. The van der Waals surface area contributed by atoms with Crippen LogP contribution in [0, 0.1) is 11.7 Å². The number of likely N-dealkylation sites (tertiary alicyclic amines) is 1. The van der Waals surface area contributed by atoms with Gasteiger partial charge < -0.3 is 10.2 Å². The van der Waals surface area contributed by atoms with E-state index in [0.29, 0.717) is 17.4 Å². The maximum Gasteiger partial charge on any atom is 0.234 e. The van der Waals surface area contributed by atoms with Crippen LogP contribution in [0.5, 0.6) is 0 Å². The number of hydrogen-bond acceptors (Lipinski definition) is 3. The van der Waals surface area contributed by atoms with Crippen LogP contribution in [-0.4, -0.2) is 41.3 Å². The van der Waals surface area contributed by atoms with Crippen LogP contribution >= 0.6 is 11.8 Å². The Labute approximate surface area is 134 Å². The third kappa shape index (κ3) is 5.33. The Morgan fingerprint density at radius 2 is 2.05 bits per heavy atom. The molecule has 0 radical (unpaired) electrons. The first-order chi connectivity index (χ1) is 10.5. The molecule has 1 N–H and O–H groups in total. The SMILES string of the molecule is CC1CCCN(C(=O)CSCC(=O)Nc2ccc(F)cc2)C1. The summed E-state index contributed by atoms with van der Waals surface area (Å²) in [6, 6.07) is 5.62. The molecule has 1 fully saturated rings. The fourth-order valence-corrected chi connectivity index (χ4v) is 3.19. The second-order valence-corrected chi connectivity index (χ2v) is 6.62. The summed E-state index contributed by atoms with van der Waals surface area (Å²) < 4.78 is 12.8.